The summed E-state index contributed by atoms with van der Waals surface area (Å²) < 4.78 is 0. The molecular formula is C21H26N4O4. The van der Waals surface area contributed by atoms with Gasteiger partial charge in [0.2, 0.25) is 5.91 Å². The van der Waals surface area contributed by atoms with Gasteiger partial charge in [-0.2, -0.15) is 0 Å². The maximum absolute atomic E-state index is 12.1. The Labute approximate surface area is 170 Å². The van der Waals surface area contributed by atoms with Crippen LogP contribution in [0.2, 0.25) is 0 Å². The van der Waals surface area contributed by atoms with Crippen LogP contribution < -0.4 is 10.6 Å². The predicted molar refractivity (Wildman–Crippen MR) is 110 cm³/mol. The second kappa shape index (κ2) is 10.9. The van der Waals surface area contributed by atoms with Crippen molar-refractivity contribution in [2.45, 2.75) is 26.9 Å². The van der Waals surface area contributed by atoms with Crippen molar-refractivity contribution in [3.63, 3.8) is 0 Å². The molecule has 8 nitrogen and oxygen atoms in total. The summed E-state index contributed by atoms with van der Waals surface area (Å²) in [4.78, 5) is 36.6. The zero-order chi connectivity index (χ0) is 21.2. The lowest BCUT2D eigenvalue weighted by Crippen LogP contribution is -2.36. The van der Waals surface area contributed by atoms with Crippen LogP contribution in [-0.4, -0.2) is 41.3 Å². The fourth-order valence-corrected chi connectivity index (χ4v) is 2.75. The van der Waals surface area contributed by atoms with Gasteiger partial charge in [0.25, 0.3) is 11.6 Å². The Hall–Kier alpha value is -3.26. The van der Waals surface area contributed by atoms with E-state index < -0.39 is 10.8 Å². The number of nitrogens with one attached hydrogen (secondary N) is 2. The molecule has 0 aromatic heterocycles. The van der Waals surface area contributed by atoms with Crippen molar-refractivity contribution in [2.24, 2.45) is 0 Å². The van der Waals surface area contributed by atoms with Crippen LogP contribution in [-0.2, 0) is 17.9 Å². The third-order valence-corrected chi connectivity index (χ3v) is 4.54. The number of carbonyl (C=O) groups excluding carboxylic acids is 2. The van der Waals surface area contributed by atoms with Crippen molar-refractivity contribution in [2.75, 3.05) is 19.6 Å². The first-order valence-electron chi connectivity index (χ1n) is 9.52. The minimum Gasteiger partial charge on any atom is -0.350 e. The lowest BCUT2D eigenvalue weighted by Gasteiger charge is -2.18. The van der Waals surface area contributed by atoms with E-state index in [1.54, 1.807) is 0 Å². The van der Waals surface area contributed by atoms with Crippen molar-refractivity contribution < 1.29 is 14.5 Å². The van der Waals surface area contributed by atoms with Crippen molar-refractivity contribution in [3.05, 3.63) is 75.3 Å². The molecule has 0 saturated heterocycles. The standard InChI is InChI=1S/C21H26N4O4/c1-3-24(4-2)15-17-10-8-16(9-11-17)13-22-20(26)14-23-21(27)18-6-5-7-19(12-18)25(28)29/h5-12H,3-4,13-15H2,1-2H3,(H,22,26)(H,23,27). The van der Waals surface area contributed by atoms with E-state index >= 15 is 0 Å². The van der Waals surface area contributed by atoms with Crippen LogP contribution in [0.4, 0.5) is 5.69 Å². The first kappa shape index (κ1) is 22.0. The molecule has 2 amide bonds. The highest BCUT2D eigenvalue weighted by Gasteiger charge is 2.12. The monoisotopic (exact) mass is 398 g/mol. The summed E-state index contributed by atoms with van der Waals surface area (Å²) >= 11 is 0. The first-order chi connectivity index (χ1) is 13.9. The highest BCUT2D eigenvalue weighted by atomic mass is 16.6. The molecule has 2 rings (SSSR count). The van der Waals surface area contributed by atoms with E-state index in [4.69, 9.17) is 0 Å². The van der Waals surface area contributed by atoms with E-state index in [9.17, 15) is 19.7 Å². The molecule has 2 aromatic rings. The molecule has 0 aliphatic heterocycles. The highest BCUT2D eigenvalue weighted by Crippen LogP contribution is 2.12. The number of rotatable bonds is 10. The van der Waals surface area contributed by atoms with Crippen molar-refractivity contribution in [3.8, 4) is 0 Å². The van der Waals surface area contributed by atoms with Gasteiger partial charge in [-0.15, -0.1) is 0 Å². The number of amides is 2. The summed E-state index contributed by atoms with van der Waals surface area (Å²) in [7, 11) is 0. The molecule has 0 atom stereocenters. The molecule has 154 valence electrons. The number of non-ortho nitro benzene ring substituents is 1. The van der Waals surface area contributed by atoms with Gasteiger partial charge in [0, 0.05) is 30.8 Å². The Bertz CT molecular complexity index is 848. The molecule has 2 aromatic carbocycles. The Balaban J connectivity index is 1.79. The largest absolute Gasteiger partial charge is 0.350 e. The van der Waals surface area contributed by atoms with Crippen LogP contribution in [0, 0.1) is 10.1 Å². The summed E-state index contributed by atoms with van der Waals surface area (Å²) in [6.07, 6.45) is 0. The summed E-state index contributed by atoms with van der Waals surface area (Å²) in [5, 5.41) is 16.0. The molecule has 29 heavy (non-hydrogen) atoms. The molecule has 8 heteroatoms. The quantitative estimate of drug-likeness (QED) is 0.473. The molecule has 2 N–H and O–H groups in total. The van der Waals surface area contributed by atoms with Gasteiger partial charge in [0.1, 0.15) is 0 Å². The molecule has 0 spiro atoms. The molecule has 0 radical (unpaired) electrons. The van der Waals surface area contributed by atoms with Crippen LogP contribution in [0.25, 0.3) is 0 Å². The Kier molecular flexibility index (Phi) is 8.29. The average Bonchev–Trinajstić information content (AvgIpc) is 2.75. The van der Waals surface area contributed by atoms with Crippen LogP contribution in [0.5, 0.6) is 0 Å². The van der Waals surface area contributed by atoms with E-state index in [-0.39, 0.29) is 23.7 Å². The molecule has 0 aliphatic carbocycles. The Morgan fingerprint density at radius 1 is 1.00 bits per heavy atom. The predicted octanol–water partition coefficient (Wildman–Crippen LogP) is 2.48. The molecule has 0 unspecified atom stereocenters. The number of nitro groups is 1. The van der Waals surface area contributed by atoms with Crippen LogP contribution in [0.15, 0.2) is 48.5 Å². The number of hydrogen-bond donors (Lipinski definition) is 2. The van der Waals surface area contributed by atoms with E-state index in [1.165, 1.54) is 29.8 Å². The molecule has 0 fully saturated rings. The number of nitrogens with zero attached hydrogens (tertiary/aromatic N) is 2. The van der Waals surface area contributed by atoms with Crippen molar-refractivity contribution in [1.82, 2.24) is 15.5 Å². The van der Waals surface area contributed by atoms with Gasteiger partial charge in [-0.3, -0.25) is 24.6 Å². The van der Waals surface area contributed by atoms with Crippen molar-refractivity contribution >= 4 is 17.5 Å². The highest BCUT2D eigenvalue weighted by molar-refractivity contribution is 5.96. The third kappa shape index (κ3) is 7.00. The summed E-state index contributed by atoms with van der Waals surface area (Å²) in [5.41, 5.74) is 2.14. The van der Waals surface area contributed by atoms with Crippen LogP contribution in [0.1, 0.15) is 35.3 Å². The minimum absolute atomic E-state index is 0.135. The lowest BCUT2D eigenvalue weighted by molar-refractivity contribution is -0.384. The van der Waals surface area contributed by atoms with Gasteiger partial charge in [-0.25, -0.2) is 0 Å². The molecule has 0 bridgehead atoms. The van der Waals surface area contributed by atoms with E-state index in [0.717, 1.165) is 25.2 Å². The Morgan fingerprint density at radius 3 is 2.28 bits per heavy atom. The summed E-state index contributed by atoms with van der Waals surface area (Å²) in [5.74, 6) is -0.874. The smallest absolute Gasteiger partial charge is 0.270 e. The van der Waals surface area contributed by atoms with E-state index in [2.05, 4.69) is 29.4 Å². The number of hydrogen-bond acceptors (Lipinski definition) is 5. The minimum atomic E-state index is -0.573. The fraction of sp³-hybridized carbons (Fsp3) is 0.333. The molecule has 0 heterocycles. The zero-order valence-corrected chi connectivity index (χ0v) is 16.7. The molecular weight excluding hydrogens is 372 g/mol. The average molecular weight is 398 g/mol. The van der Waals surface area contributed by atoms with E-state index in [1.807, 2.05) is 24.3 Å². The zero-order valence-electron chi connectivity index (χ0n) is 16.7. The molecule has 0 aliphatic rings. The molecule has 0 saturated carbocycles. The van der Waals surface area contributed by atoms with Gasteiger partial charge < -0.3 is 10.6 Å². The van der Waals surface area contributed by atoms with Gasteiger partial charge in [-0.1, -0.05) is 44.2 Å². The summed E-state index contributed by atoms with van der Waals surface area (Å²) in [6, 6.07) is 13.4. The second-order valence-electron chi connectivity index (χ2n) is 6.54. The number of carbonyl (C=O) groups is 2. The third-order valence-electron chi connectivity index (χ3n) is 4.54. The second-order valence-corrected chi connectivity index (χ2v) is 6.54. The maximum Gasteiger partial charge on any atom is 0.270 e. The van der Waals surface area contributed by atoms with Gasteiger partial charge in [-0.05, 0) is 30.3 Å². The Morgan fingerprint density at radius 2 is 1.66 bits per heavy atom. The van der Waals surface area contributed by atoms with Crippen molar-refractivity contribution in [1.29, 1.82) is 0 Å². The van der Waals surface area contributed by atoms with Gasteiger partial charge >= 0.3 is 0 Å². The van der Waals surface area contributed by atoms with Crippen LogP contribution >= 0.6 is 0 Å². The SMILES string of the molecule is CCN(CC)Cc1ccc(CNC(=O)CNC(=O)c2cccc([N+](=O)[O-])c2)cc1. The number of benzene rings is 2. The van der Waals surface area contributed by atoms with Gasteiger partial charge in [0.15, 0.2) is 0 Å². The van der Waals surface area contributed by atoms with Gasteiger partial charge in [0.05, 0.1) is 11.5 Å². The lowest BCUT2D eigenvalue weighted by atomic mass is 10.1. The van der Waals surface area contributed by atoms with Crippen LogP contribution in [0.3, 0.4) is 0 Å². The fourth-order valence-electron chi connectivity index (χ4n) is 2.75. The first-order valence-corrected chi connectivity index (χ1v) is 9.52. The maximum atomic E-state index is 12.1. The topological polar surface area (TPSA) is 105 Å². The normalized spacial score (nSPS) is 10.6. The van der Waals surface area contributed by atoms with E-state index in [0.29, 0.717) is 6.54 Å². The number of nitro benzene ring substituents is 1. The summed E-state index contributed by atoms with van der Waals surface area (Å²) in [6.45, 7) is 7.30.